The molecule has 0 aliphatic carbocycles. The van der Waals surface area contributed by atoms with Crippen LogP contribution in [0.25, 0.3) is 0 Å². The van der Waals surface area contributed by atoms with Crippen molar-refractivity contribution in [1.29, 1.82) is 0 Å². The van der Waals surface area contributed by atoms with Crippen LogP contribution >= 0.6 is 0 Å². The molecule has 7 heteroatoms. The fraction of sp³-hybridized carbons (Fsp3) is 0.263. The van der Waals surface area contributed by atoms with Crippen molar-refractivity contribution in [2.75, 3.05) is 5.32 Å². The number of rotatable bonds is 6. The minimum absolute atomic E-state index is 0.0851. The van der Waals surface area contributed by atoms with E-state index in [2.05, 4.69) is 5.32 Å². The van der Waals surface area contributed by atoms with Gasteiger partial charge < -0.3 is 10.4 Å². The van der Waals surface area contributed by atoms with E-state index in [-0.39, 0.29) is 22.8 Å². The molecule has 0 spiro atoms. The Bertz CT molecular complexity index is 931. The van der Waals surface area contributed by atoms with Gasteiger partial charge in [0.05, 0.1) is 22.1 Å². The summed E-state index contributed by atoms with van der Waals surface area (Å²) in [6, 6.07) is 10.8. The number of amides is 1. The van der Waals surface area contributed by atoms with Gasteiger partial charge in [0, 0.05) is 5.69 Å². The molecule has 0 radical (unpaired) electrons. The Labute approximate surface area is 152 Å². The number of hydrogen-bond acceptors (Lipinski definition) is 4. The molecule has 0 saturated heterocycles. The second-order valence-electron chi connectivity index (χ2n) is 6.30. The van der Waals surface area contributed by atoms with Crippen LogP contribution in [0.4, 0.5) is 5.69 Å². The highest BCUT2D eigenvalue weighted by molar-refractivity contribution is 7.92. The molecule has 0 aromatic heterocycles. The molecule has 2 N–H and O–H groups in total. The van der Waals surface area contributed by atoms with E-state index in [1.165, 1.54) is 24.3 Å². The highest BCUT2D eigenvalue weighted by Crippen LogP contribution is 2.18. The van der Waals surface area contributed by atoms with Crippen LogP contribution in [0, 0.1) is 6.92 Å². The molecular formula is C19H21NO5S. The largest absolute Gasteiger partial charge is 0.478 e. The zero-order valence-electron chi connectivity index (χ0n) is 14.8. The Morgan fingerprint density at radius 1 is 1.08 bits per heavy atom. The normalized spacial score (nSPS) is 11.4. The number of sulfone groups is 1. The van der Waals surface area contributed by atoms with Gasteiger partial charge in [0.25, 0.3) is 0 Å². The van der Waals surface area contributed by atoms with Gasteiger partial charge in [0.1, 0.15) is 0 Å². The maximum Gasteiger partial charge on any atom is 0.335 e. The Kier molecular flexibility index (Phi) is 5.82. The summed E-state index contributed by atoms with van der Waals surface area (Å²) in [6.45, 7) is 4.90. The van der Waals surface area contributed by atoms with Crippen molar-refractivity contribution in [3.8, 4) is 0 Å². The van der Waals surface area contributed by atoms with Gasteiger partial charge in [-0.05, 0) is 62.2 Å². The summed E-state index contributed by atoms with van der Waals surface area (Å²) < 4.78 is 24.2. The zero-order chi connectivity index (χ0) is 19.5. The van der Waals surface area contributed by atoms with E-state index in [0.717, 1.165) is 0 Å². The summed E-state index contributed by atoms with van der Waals surface area (Å²) >= 11 is 0. The second-order valence-corrected chi connectivity index (χ2v) is 8.80. The topological polar surface area (TPSA) is 101 Å². The van der Waals surface area contributed by atoms with Crippen molar-refractivity contribution in [3.63, 3.8) is 0 Å². The fourth-order valence-electron chi connectivity index (χ4n) is 2.44. The van der Waals surface area contributed by atoms with Crippen LogP contribution in [0.3, 0.4) is 0 Å². The molecule has 2 aromatic rings. The minimum Gasteiger partial charge on any atom is -0.478 e. The lowest BCUT2D eigenvalue weighted by atomic mass is 10.1. The SMILES string of the molecule is Cc1cc(NC(=O)Cc2ccc(S(=O)(=O)C(C)C)cc2)ccc1C(=O)O. The first-order valence-corrected chi connectivity index (χ1v) is 9.62. The van der Waals surface area contributed by atoms with E-state index >= 15 is 0 Å². The van der Waals surface area contributed by atoms with Crippen molar-refractivity contribution < 1.29 is 23.1 Å². The molecule has 26 heavy (non-hydrogen) atoms. The van der Waals surface area contributed by atoms with Gasteiger partial charge in [0.2, 0.25) is 5.91 Å². The number of anilines is 1. The lowest BCUT2D eigenvalue weighted by molar-refractivity contribution is -0.115. The minimum atomic E-state index is -3.34. The highest BCUT2D eigenvalue weighted by Gasteiger charge is 2.19. The Hall–Kier alpha value is -2.67. The quantitative estimate of drug-likeness (QED) is 0.808. The van der Waals surface area contributed by atoms with E-state index in [9.17, 15) is 18.0 Å². The molecule has 0 fully saturated rings. The van der Waals surface area contributed by atoms with Crippen LogP contribution < -0.4 is 5.32 Å². The van der Waals surface area contributed by atoms with Crippen molar-refractivity contribution in [2.24, 2.45) is 0 Å². The van der Waals surface area contributed by atoms with E-state index in [1.807, 2.05) is 0 Å². The molecule has 0 saturated carbocycles. The number of aryl methyl sites for hydroxylation is 1. The van der Waals surface area contributed by atoms with E-state index < -0.39 is 21.1 Å². The molecule has 0 atom stereocenters. The predicted octanol–water partition coefficient (Wildman–Crippen LogP) is 3.06. The number of benzene rings is 2. The maximum absolute atomic E-state index is 12.2. The molecule has 6 nitrogen and oxygen atoms in total. The summed E-state index contributed by atoms with van der Waals surface area (Å²) in [5, 5.41) is 11.2. The third kappa shape index (κ3) is 4.49. The number of aromatic carboxylic acids is 1. The molecule has 0 bridgehead atoms. The average Bonchev–Trinajstić information content (AvgIpc) is 2.54. The standard InChI is InChI=1S/C19H21NO5S/c1-12(2)26(24,25)16-7-4-14(5-8-16)11-18(21)20-15-6-9-17(19(22)23)13(3)10-15/h4-10,12H,11H2,1-3H3,(H,20,21)(H,22,23). The van der Waals surface area contributed by atoms with Gasteiger partial charge in [-0.2, -0.15) is 0 Å². The first-order chi connectivity index (χ1) is 12.1. The molecule has 2 aromatic carbocycles. The fourth-order valence-corrected chi connectivity index (χ4v) is 3.50. The van der Waals surface area contributed by atoms with Crippen molar-refractivity contribution in [2.45, 2.75) is 37.3 Å². The van der Waals surface area contributed by atoms with E-state index in [4.69, 9.17) is 5.11 Å². The van der Waals surface area contributed by atoms with Crippen LogP contribution in [0.2, 0.25) is 0 Å². The molecule has 0 aliphatic rings. The van der Waals surface area contributed by atoms with Gasteiger partial charge in [-0.25, -0.2) is 13.2 Å². The maximum atomic E-state index is 12.2. The number of nitrogens with one attached hydrogen (secondary N) is 1. The van der Waals surface area contributed by atoms with E-state index in [0.29, 0.717) is 16.8 Å². The number of hydrogen-bond donors (Lipinski definition) is 2. The molecule has 0 aliphatic heterocycles. The van der Waals surface area contributed by atoms with Crippen molar-refractivity contribution in [1.82, 2.24) is 0 Å². The number of carboxylic acids is 1. The Balaban J connectivity index is 2.06. The lowest BCUT2D eigenvalue weighted by Gasteiger charge is -2.10. The van der Waals surface area contributed by atoms with Crippen molar-refractivity contribution in [3.05, 3.63) is 59.2 Å². The lowest BCUT2D eigenvalue weighted by Crippen LogP contribution is -2.16. The summed E-state index contributed by atoms with van der Waals surface area (Å²) in [4.78, 5) is 23.4. The highest BCUT2D eigenvalue weighted by atomic mass is 32.2. The number of carbonyl (C=O) groups is 2. The molecule has 138 valence electrons. The summed E-state index contributed by atoms with van der Waals surface area (Å²) in [6.07, 6.45) is 0.0851. The molecular weight excluding hydrogens is 354 g/mol. The molecule has 0 heterocycles. The first kappa shape index (κ1) is 19.7. The zero-order valence-corrected chi connectivity index (χ0v) is 15.6. The first-order valence-electron chi connectivity index (χ1n) is 8.08. The summed E-state index contributed by atoms with van der Waals surface area (Å²) in [5.41, 5.74) is 1.93. The van der Waals surface area contributed by atoms with Crippen LogP contribution in [0.5, 0.6) is 0 Å². The van der Waals surface area contributed by atoms with E-state index in [1.54, 1.807) is 39.0 Å². The number of carboxylic acid groups (broad SMARTS) is 1. The predicted molar refractivity (Wildman–Crippen MR) is 99.2 cm³/mol. The average molecular weight is 375 g/mol. The Morgan fingerprint density at radius 3 is 2.19 bits per heavy atom. The van der Waals surface area contributed by atoms with Gasteiger partial charge in [-0.1, -0.05) is 12.1 Å². The third-order valence-corrected chi connectivity index (χ3v) is 6.15. The Morgan fingerprint density at radius 2 is 1.69 bits per heavy atom. The molecule has 2 rings (SSSR count). The smallest absolute Gasteiger partial charge is 0.335 e. The second kappa shape index (κ2) is 7.70. The molecule has 0 unspecified atom stereocenters. The summed E-state index contributed by atoms with van der Waals surface area (Å²) in [5.74, 6) is -1.29. The summed E-state index contributed by atoms with van der Waals surface area (Å²) in [7, 11) is -3.34. The van der Waals surface area contributed by atoms with Crippen LogP contribution in [-0.4, -0.2) is 30.7 Å². The number of carbonyl (C=O) groups excluding carboxylic acids is 1. The van der Waals surface area contributed by atoms with Gasteiger partial charge in [0.15, 0.2) is 9.84 Å². The van der Waals surface area contributed by atoms with Crippen LogP contribution in [0.15, 0.2) is 47.4 Å². The van der Waals surface area contributed by atoms with Crippen LogP contribution in [-0.2, 0) is 21.1 Å². The monoisotopic (exact) mass is 375 g/mol. The van der Waals surface area contributed by atoms with Gasteiger partial charge in [-0.3, -0.25) is 4.79 Å². The van der Waals surface area contributed by atoms with Gasteiger partial charge in [-0.15, -0.1) is 0 Å². The van der Waals surface area contributed by atoms with Crippen LogP contribution in [0.1, 0.15) is 35.3 Å². The molecule has 1 amide bonds. The van der Waals surface area contributed by atoms with Crippen molar-refractivity contribution >= 4 is 27.4 Å². The third-order valence-electron chi connectivity index (χ3n) is 3.98. The van der Waals surface area contributed by atoms with Gasteiger partial charge >= 0.3 is 5.97 Å².